The summed E-state index contributed by atoms with van der Waals surface area (Å²) in [4.78, 5) is 14.4. The molecule has 1 unspecified atom stereocenters. The SMILES string of the molecule is O=C(CCc1ccccc1F)N(Cc1ccco1)CC1CCCO1. The van der Waals surface area contributed by atoms with Gasteiger partial charge in [-0.05, 0) is 43.0 Å². The molecule has 3 rings (SSSR count). The van der Waals surface area contributed by atoms with E-state index < -0.39 is 0 Å². The van der Waals surface area contributed by atoms with Crippen molar-refractivity contribution in [1.29, 1.82) is 0 Å². The van der Waals surface area contributed by atoms with Gasteiger partial charge in [-0.1, -0.05) is 18.2 Å². The molecule has 5 heteroatoms. The third-order valence-electron chi connectivity index (χ3n) is 4.29. The quantitative estimate of drug-likeness (QED) is 0.779. The number of benzene rings is 1. The van der Waals surface area contributed by atoms with Crippen molar-refractivity contribution in [3.63, 3.8) is 0 Å². The molecule has 128 valence electrons. The Kier molecular flexibility index (Phi) is 5.64. The number of ether oxygens (including phenoxy) is 1. The Morgan fingerprint density at radius 1 is 1.25 bits per heavy atom. The van der Waals surface area contributed by atoms with Crippen molar-refractivity contribution in [3.05, 3.63) is 59.8 Å². The Hall–Kier alpha value is -2.14. The second-order valence-electron chi connectivity index (χ2n) is 6.08. The van der Waals surface area contributed by atoms with Gasteiger partial charge >= 0.3 is 0 Å². The Balaban J connectivity index is 1.62. The van der Waals surface area contributed by atoms with Gasteiger partial charge in [-0.2, -0.15) is 0 Å². The number of carbonyl (C=O) groups excluding carboxylic acids is 1. The fraction of sp³-hybridized carbons (Fsp3) is 0.421. The van der Waals surface area contributed by atoms with Gasteiger partial charge in [0.2, 0.25) is 5.91 Å². The number of aryl methyl sites for hydroxylation is 1. The fourth-order valence-corrected chi connectivity index (χ4v) is 2.98. The lowest BCUT2D eigenvalue weighted by Gasteiger charge is -2.24. The van der Waals surface area contributed by atoms with E-state index in [9.17, 15) is 9.18 Å². The lowest BCUT2D eigenvalue weighted by Crippen LogP contribution is -2.37. The lowest BCUT2D eigenvalue weighted by atomic mass is 10.1. The summed E-state index contributed by atoms with van der Waals surface area (Å²) in [5.74, 6) is 0.472. The highest BCUT2D eigenvalue weighted by Crippen LogP contribution is 2.17. The molecule has 1 aliphatic rings. The van der Waals surface area contributed by atoms with Gasteiger partial charge in [0.1, 0.15) is 11.6 Å². The summed E-state index contributed by atoms with van der Waals surface area (Å²) in [5.41, 5.74) is 0.570. The van der Waals surface area contributed by atoms with Crippen molar-refractivity contribution in [3.8, 4) is 0 Å². The average molecular weight is 331 g/mol. The standard InChI is InChI=1S/C19H22FNO3/c20-18-8-2-1-5-15(18)9-10-19(22)21(13-16-6-3-11-23-16)14-17-7-4-12-24-17/h1-3,5-6,8,11,17H,4,7,9-10,12-14H2. The van der Waals surface area contributed by atoms with Crippen LogP contribution in [0.5, 0.6) is 0 Å². The van der Waals surface area contributed by atoms with E-state index in [0.29, 0.717) is 25.1 Å². The number of hydrogen-bond donors (Lipinski definition) is 0. The largest absolute Gasteiger partial charge is 0.467 e. The van der Waals surface area contributed by atoms with Crippen molar-refractivity contribution >= 4 is 5.91 Å². The van der Waals surface area contributed by atoms with Gasteiger partial charge < -0.3 is 14.1 Å². The minimum atomic E-state index is -0.262. The van der Waals surface area contributed by atoms with E-state index in [4.69, 9.17) is 9.15 Å². The molecule has 0 aliphatic carbocycles. The van der Waals surface area contributed by atoms with Crippen LogP contribution in [0.15, 0.2) is 47.1 Å². The van der Waals surface area contributed by atoms with Crippen LogP contribution in [0.4, 0.5) is 4.39 Å². The molecule has 2 heterocycles. The Morgan fingerprint density at radius 2 is 2.12 bits per heavy atom. The molecule has 0 saturated carbocycles. The highest BCUT2D eigenvalue weighted by molar-refractivity contribution is 5.76. The first kappa shape index (κ1) is 16.7. The average Bonchev–Trinajstić information content (AvgIpc) is 3.27. The molecule has 1 aromatic heterocycles. The topological polar surface area (TPSA) is 42.7 Å². The predicted octanol–water partition coefficient (Wildman–Crippen LogP) is 3.56. The summed E-state index contributed by atoms with van der Waals surface area (Å²) in [5, 5.41) is 0. The summed E-state index contributed by atoms with van der Waals surface area (Å²) >= 11 is 0. The third-order valence-corrected chi connectivity index (χ3v) is 4.29. The third kappa shape index (κ3) is 4.45. The number of halogens is 1. The zero-order valence-corrected chi connectivity index (χ0v) is 13.6. The monoisotopic (exact) mass is 331 g/mol. The second-order valence-corrected chi connectivity index (χ2v) is 6.08. The van der Waals surface area contributed by atoms with Gasteiger partial charge in [-0.3, -0.25) is 4.79 Å². The molecular formula is C19H22FNO3. The van der Waals surface area contributed by atoms with E-state index >= 15 is 0 Å². The van der Waals surface area contributed by atoms with Crippen molar-refractivity contribution in [1.82, 2.24) is 4.90 Å². The van der Waals surface area contributed by atoms with Crippen LogP contribution < -0.4 is 0 Å². The summed E-state index contributed by atoms with van der Waals surface area (Å²) in [7, 11) is 0. The molecule has 1 amide bonds. The number of carbonyl (C=O) groups is 1. The Morgan fingerprint density at radius 3 is 2.83 bits per heavy atom. The van der Waals surface area contributed by atoms with Crippen molar-refractivity contribution < 1.29 is 18.3 Å². The van der Waals surface area contributed by atoms with Crippen LogP contribution in [0.2, 0.25) is 0 Å². The number of hydrogen-bond acceptors (Lipinski definition) is 3. The highest BCUT2D eigenvalue weighted by atomic mass is 19.1. The maximum atomic E-state index is 13.7. The van der Waals surface area contributed by atoms with Crippen LogP contribution in [0, 0.1) is 5.82 Å². The molecule has 1 saturated heterocycles. The summed E-state index contributed by atoms with van der Waals surface area (Å²) in [6, 6.07) is 10.2. The predicted molar refractivity (Wildman–Crippen MR) is 87.8 cm³/mol. The first-order chi connectivity index (χ1) is 11.7. The molecule has 24 heavy (non-hydrogen) atoms. The van der Waals surface area contributed by atoms with Crippen LogP contribution in [0.1, 0.15) is 30.6 Å². The number of amides is 1. The molecular weight excluding hydrogens is 309 g/mol. The van der Waals surface area contributed by atoms with Gasteiger partial charge in [0.25, 0.3) is 0 Å². The van der Waals surface area contributed by atoms with Gasteiger partial charge in [-0.15, -0.1) is 0 Å². The van der Waals surface area contributed by atoms with Crippen molar-refractivity contribution in [2.24, 2.45) is 0 Å². The zero-order valence-electron chi connectivity index (χ0n) is 13.6. The van der Waals surface area contributed by atoms with Crippen LogP contribution >= 0.6 is 0 Å². The van der Waals surface area contributed by atoms with E-state index in [1.165, 1.54) is 6.07 Å². The number of rotatable bonds is 7. The van der Waals surface area contributed by atoms with E-state index in [-0.39, 0.29) is 24.2 Å². The zero-order chi connectivity index (χ0) is 16.8. The summed E-state index contributed by atoms with van der Waals surface area (Å²) < 4.78 is 24.7. The van der Waals surface area contributed by atoms with E-state index in [1.54, 1.807) is 29.4 Å². The van der Waals surface area contributed by atoms with Gasteiger partial charge in [-0.25, -0.2) is 4.39 Å². The van der Waals surface area contributed by atoms with E-state index in [2.05, 4.69) is 0 Å². The molecule has 0 spiro atoms. The van der Waals surface area contributed by atoms with E-state index in [0.717, 1.165) is 25.2 Å². The van der Waals surface area contributed by atoms with Gasteiger partial charge in [0.05, 0.1) is 18.9 Å². The number of furan rings is 1. The minimum Gasteiger partial charge on any atom is -0.467 e. The molecule has 1 aromatic carbocycles. The lowest BCUT2D eigenvalue weighted by molar-refractivity contribution is -0.133. The fourth-order valence-electron chi connectivity index (χ4n) is 2.98. The molecule has 1 aliphatic heterocycles. The minimum absolute atomic E-state index is 0.00912. The highest BCUT2D eigenvalue weighted by Gasteiger charge is 2.23. The summed E-state index contributed by atoms with van der Waals surface area (Å²) in [6.07, 6.45) is 4.35. The smallest absolute Gasteiger partial charge is 0.223 e. The molecule has 2 aromatic rings. The molecule has 0 radical (unpaired) electrons. The second kappa shape index (κ2) is 8.11. The van der Waals surface area contributed by atoms with Crippen molar-refractivity contribution in [2.75, 3.05) is 13.2 Å². The Bertz CT molecular complexity index is 650. The maximum Gasteiger partial charge on any atom is 0.223 e. The first-order valence-electron chi connectivity index (χ1n) is 8.37. The van der Waals surface area contributed by atoms with Crippen LogP contribution in [-0.2, 0) is 22.5 Å². The van der Waals surface area contributed by atoms with Crippen LogP contribution in [0.25, 0.3) is 0 Å². The molecule has 1 fully saturated rings. The molecule has 4 nitrogen and oxygen atoms in total. The van der Waals surface area contributed by atoms with E-state index in [1.807, 2.05) is 12.1 Å². The maximum absolute atomic E-state index is 13.7. The first-order valence-corrected chi connectivity index (χ1v) is 8.37. The molecule has 0 N–H and O–H groups in total. The summed E-state index contributed by atoms with van der Waals surface area (Å²) in [6.45, 7) is 1.72. The van der Waals surface area contributed by atoms with Gasteiger partial charge in [0.15, 0.2) is 0 Å². The number of nitrogens with zero attached hydrogens (tertiary/aromatic N) is 1. The van der Waals surface area contributed by atoms with Gasteiger partial charge in [0, 0.05) is 19.6 Å². The Labute approximate surface area is 141 Å². The molecule has 1 atom stereocenters. The van der Waals surface area contributed by atoms with Crippen LogP contribution in [-0.4, -0.2) is 30.1 Å². The normalized spacial score (nSPS) is 17.1. The van der Waals surface area contributed by atoms with Crippen LogP contribution in [0.3, 0.4) is 0 Å². The molecule has 0 bridgehead atoms. The van der Waals surface area contributed by atoms with Crippen molar-refractivity contribution in [2.45, 2.75) is 38.3 Å².